The van der Waals surface area contributed by atoms with Gasteiger partial charge in [-0.2, -0.15) is 0 Å². The minimum atomic E-state index is -0.344. The van der Waals surface area contributed by atoms with Crippen molar-refractivity contribution in [1.82, 2.24) is 0 Å². The number of carbonyl (C=O) groups is 1. The second kappa shape index (κ2) is 6.61. The van der Waals surface area contributed by atoms with Gasteiger partial charge in [-0.1, -0.05) is 0 Å². The molecule has 1 aromatic carbocycles. The summed E-state index contributed by atoms with van der Waals surface area (Å²) in [7, 11) is 0. The highest BCUT2D eigenvalue weighted by molar-refractivity contribution is 5.91. The molecule has 0 amide bonds. The molecule has 1 fully saturated rings. The molecule has 2 unspecified atom stereocenters. The Morgan fingerprint density at radius 1 is 1.60 bits per heavy atom. The Bertz CT molecular complexity index is 470. The maximum Gasteiger partial charge on any atom is 0.338 e. The molecule has 1 saturated heterocycles. The van der Waals surface area contributed by atoms with Crippen LogP contribution in [-0.4, -0.2) is 31.8 Å². The summed E-state index contributed by atoms with van der Waals surface area (Å²) in [6.45, 7) is 5.88. The molecule has 1 aliphatic heterocycles. The van der Waals surface area contributed by atoms with Crippen molar-refractivity contribution in [2.24, 2.45) is 5.92 Å². The van der Waals surface area contributed by atoms with Crippen molar-refractivity contribution in [3.8, 4) is 0 Å². The van der Waals surface area contributed by atoms with Gasteiger partial charge < -0.3 is 20.5 Å². The van der Waals surface area contributed by atoms with E-state index in [0.717, 1.165) is 25.3 Å². The normalized spacial score (nSPS) is 19.6. The minimum absolute atomic E-state index is 0.285. The number of nitrogens with one attached hydrogen (secondary N) is 1. The monoisotopic (exact) mass is 278 g/mol. The molecule has 1 aliphatic rings. The van der Waals surface area contributed by atoms with Crippen LogP contribution in [0.4, 0.5) is 11.4 Å². The molecule has 1 heterocycles. The largest absolute Gasteiger partial charge is 0.462 e. The number of anilines is 2. The molecule has 0 spiro atoms. The molecule has 0 aliphatic carbocycles. The molecule has 0 saturated carbocycles. The summed E-state index contributed by atoms with van der Waals surface area (Å²) >= 11 is 0. The molecule has 2 atom stereocenters. The van der Waals surface area contributed by atoms with Gasteiger partial charge in [-0.25, -0.2) is 4.79 Å². The Morgan fingerprint density at radius 3 is 3.00 bits per heavy atom. The van der Waals surface area contributed by atoms with Crippen LogP contribution in [-0.2, 0) is 9.47 Å². The Kier molecular flexibility index (Phi) is 4.84. The Balaban J connectivity index is 2.03. The van der Waals surface area contributed by atoms with Gasteiger partial charge in [0.1, 0.15) is 0 Å². The number of hydrogen-bond acceptors (Lipinski definition) is 5. The third-order valence-electron chi connectivity index (χ3n) is 3.62. The zero-order chi connectivity index (χ0) is 14.5. The topological polar surface area (TPSA) is 73.6 Å². The lowest BCUT2D eigenvalue weighted by Gasteiger charge is -2.21. The second-order valence-corrected chi connectivity index (χ2v) is 5.08. The third kappa shape index (κ3) is 3.42. The molecule has 0 aromatic heterocycles. The molecular weight excluding hydrogens is 256 g/mol. The number of rotatable bonds is 5. The van der Waals surface area contributed by atoms with Gasteiger partial charge in [0.2, 0.25) is 0 Å². The van der Waals surface area contributed by atoms with Crippen LogP contribution in [0, 0.1) is 5.92 Å². The highest BCUT2D eigenvalue weighted by Gasteiger charge is 2.22. The molecule has 1 aromatic rings. The summed E-state index contributed by atoms with van der Waals surface area (Å²) in [4.78, 5) is 11.6. The van der Waals surface area contributed by atoms with E-state index in [9.17, 15) is 4.79 Å². The van der Waals surface area contributed by atoms with Crippen LogP contribution in [0.5, 0.6) is 0 Å². The van der Waals surface area contributed by atoms with Gasteiger partial charge in [0.05, 0.1) is 30.2 Å². The smallest absolute Gasteiger partial charge is 0.338 e. The predicted octanol–water partition coefficient (Wildman–Crippen LogP) is 2.28. The standard InChI is InChI=1S/C15H22N2O3/c1-3-20-15(18)11-4-5-14(13(16)8-11)17-10(2)12-6-7-19-9-12/h4-5,8,10,12,17H,3,6-7,9,16H2,1-2H3. The lowest BCUT2D eigenvalue weighted by atomic mass is 10.00. The van der Waals surface area contributed by atoms with Crippen LogP contribution in [0.25, 0.3) is 0 Å². The summed E-state index contributed by atoms with van der Waals surface area (Å²) in [5, 5.41) is 3.39. The van der Waals surface area contributed by atoms with E-state index >= 15 is 0 Å². The van der Waals surface area contributed by atoms with Crippen molar-refractivity contribution < 1.29 is 14.3 Å². The second-order valence-electron chi connectivity index (χ2n) is 5.08. The third-order valence-corrected chi connectivity index (χ3v) is 3.62. The van der Waals surface area contributed by atoms with Crippen molar-refractivity contribution in [1.29, 1.82) is 0 Å². The number of carbonyl (C=O) groups excluding carboxylic acids is 1. The van der Waals surface area contributed by atoms with E-state index < -0.39 is 0 Å². The Morgan fingerprint density at radius 2 is 2.40 bits per heavy atom. The number of nitrogen functional groups attached to an aromatic ring is 1. The molecule has 5 heteroatoms. The summed E-state index contributed by atoms with van der Waals surface area (Å²) in [6, 6.07) is 5.49. The van der Waals surface area contributed by atoms with Gasteiger partial charge in [0.25, 0.3) is 0 Å². The fourth-order valence-corrected chi connectivity index (χ4v) is 2.35. The fourth-order valence-electron chi connectivity index (χ4n) is 2.35. The molecule has 5 nitrogen and oxygen atoms in total. The van der Waals surface area contributed by atoms with Crippen LogP contribution in [0.1, 0.15) is 30.6 Å². The van der Waals surface area contributed by atoms with Crippen LogP contribution in [0.3, 0.4) is 0 Å². The maximum absolute atomic E-state index is 11.6. The van der Waals surface area contributed by atoms with E-state index in [1.54, 1.807) is 19.1 Å². The highest BCUT2D eigenvalue weighted by Crippen LogP contribution is 2.25. The molecule has 0 bridgehead atoms. The van der Waals surface area contributed by atoms with Crippen molar-refractivity contribution in [3.05, 3.63) is 23.8 Å². The Labute approximate surface area is 119 Å². The van der Waals surface area contributed by atoms with Crippen LogP contribution >= 0.6 is 0 Å². The van der Waals surface area contributed by atoms with Crippen LogP contribution < -0.4 is 11.1 Å². The van der Waals surface area contributed by atoms with Crippen molar-refractivity contribution in [3.63, 3.8) is 0 Å². The predicted molar refractivity (Wildman–Crippen MR) is 78.8 cm³/mol. The molecule has 110 valence electrons. The van der Waals surface area contributed by atoms with Gasteiger partial charge >= 0.3 is 5.97 Å². The van der Waals surface area contributed by atoms with Gasteiger partial charge in [-0.3, -0.25) is 0 Å². The van der Waals surface area contributed by atoms with E-state index in [2.05, 4.69) is 12.2 Å². The van der Waals surface area contributed by atoms with Crippen LogP contribution in [0.15, 0.2) is 18.2 Å². The minimum Gasteiger partial charge on any atom is -0.462 e. The zero-order valence-corrected chi connectivity index (χ0v) is 12.0. The average molecular weight is 278 g/mol. The lowest BCUT2D eigenvalue weighted by Crippen LogP contribution is -2.26. The van der Waals surface area contributed by atoms with Crippen molar-refractivity contribution >= 4 is 17.3 Å². The molecular formula is C15H22N2O3. The van der Waals surface area contributed by atoms with E-state index in [-0.39, 0.29) is 12.0 Å². The first-order valence-corrected chi connectivity index (χ1v) is 7.02. The Hall–Kier alpha value is -1.75. The van der Waals surface area contributed by atoms with E-state index in [0.29, 0.717) is 23.8 Å². The first kappa shape index (κ1) is 14.7. The number of hydrogen-bond donors (Lipinski definition) is 2. The number of esters is 1. The lowest BCUT2D eigenvalue weighted by molar-refractivity contribution is 0.0526. The van der Waals surface area contributed by atoms with Crippen molar-refractivity contribution in [2.45, 2.75) is 26.3 Å². The fraction of sp³-hybridized carbons (Fsp3) is 0.533. The molecule has 2 rings (SSSR count). The average Bonchev–Trinajstić information content (AvgIpc) is 2.95. The molecule has 20 heavy (non-hydrogen) atoms. The van der Waals surface area contributed by atoms with E-state index in [1.165, 1.54) is 0 Å². The molecule has 3 N–H and O–H groups in total. The summed E-state index contributed by atoms with van der Waals surface area (Å²) in [5.74, 6) is 0.155. The maximum atomic E-state index is 11.6. The molecule has 0 radical (unpaired) electrons. The van der Waals surface area contributed by atoms with Gasteiger partial charge in [0, 0.05) is 18.6 Å². The summed E-state index contributed by atoms with van der Waals surface area (Å²) in [5.41, 5.74) is 7.88. The highest BCUT2D eigenvalue weighted by atomic mass is 16.5. The van der Waals surface area contributed by atoms with Crippen molar-refractivity contribution in [2.75, 3.05) is 30.9 Å². The zero-order valence-electron chi connectivity index (χ0n) is 12.0. The van der Waals surface area contributed by atoms with E-state index in [4.69, 9.17) is 15.2 Å². The van der Waals surface area contributed by atoms with Gasteiger partial charge in [-0.05, 0) is 38.5 Å². The number of nitrogens with two attached hydrogens (primary N) is 1. The quantitative estimate of drug-likeness (QED) is 0.638. The SMILES string of the molecule is CCOC(=O)c1ccc(NC(C)C2CCOC2)c(N)c1. The number of ether oxygens (including phenoxy) is 2. The summed E-state index contributed by atoms with van der Waals surface area (Å²) in [6.07, 6.45) is 1.06. The summed E-state index contributed by atoms with van der Waals surface area (Å²) < 4.78 is 10.3. The van der Waals surface area contributed by atoms with Crippen LogP contribution in [0.2, 0.25) is 0 Å². The first-order valence-electron chi connectivity index (χ1n) is 7.02. The number of benzene rings is 1. The first-order chi connectivity index (χ1) is 9.61. The van der Waals surface area contributed by atoms with E-state index in [1.807, 2.05) is 6.07 Å². The van der Waals surface area contributed by atoms with Gasteiger partial charge in [-0.15, -0.1) is 0 Å². The van der Waals surface area contributed by atoms with Gasteiger partial charge in [0.15, 0.2) is 0 Å².